The van der Waals surface area contributed by atoms with E-state index in [0.717, 1.165) is 16.6 Å². The maximum absolute atomic E-state index is 12.6. The molecule has 7 heteroatoms. The second kappa shape index (κ2) is 6.35. The summed E-state index contributed by atoms with van der Waals surface area (Å²) < 4.78 is 4.93. The minimum atomic E-state index is -0.151. The van der Waals surface area contributed by atoms with Gasteiger partial charge in [-0.2, -0.15) is 5.10 Å². The summed E-state index contributed by atoms with van der Waals surface area (Å²) >= 11 is 0. The number of benzene rings is 1. The van der Waals surface area contributed by atoms with Crippen LogP contribution < -0.4 is 5.69 Å². The van der Waals surface area contributed by atoms with E-state index in [1.807, 2.05) is 44.4 Å². The van der Waals surface area contributed by atoms with Gasteiger partial charge in [-0.25, -0.2) is 4.79 Å². The van der Waals surface area contributed by atoms with Gasteiger partial charge in [0.2, 0.25) is 5.91 Å². The number of hydrogen-bond donors (Lipinski definition) is 0. The predicted octanol–water partition coefficient (Wildman–Crippen LogP) is 1.21. The minimum absolute atomic E-state index is 0.0309. The zero-order chi connectivity index (χ0) is 17.3. The van der Waals surface area contributed by atoms with Crippen molar-refractivity contribution in [2.24, 2.45) is 7.05 Å². The average molecular weight is 327 g/mol. The molecular formula is C17H21N5O2. The van der Waals surface area contributed by atoms with Gasteiger partial charge in [-0.3, -0.25) is 18.6 Å². The summed E-state index contributed by atoms with van der Waals surface area (Å²) in [4.78, 5) is 26.7. The van der Waals surface area contributed by atoms with Crippen molar-refractivity contribution in [1.29, 1.82) is 0 Å². The molecule has 3 rings (SSSR count). The Morgan fingerprint density at radius 3 is 2.46 bits per heavy atom. The van der Waals surface area contributed by atoms with Crippen LogP contribution in [0.25, 0.3) is 11.0 Å². The molecule has 2 heterocycles. The summed E-state index contributed by atoms with van der Waals surface area (Å²) in [7, 11) is 3.57. The quantitative estimate of drug-likeness (QED) is 0.708. The molecule has 0 unspecified atom stereocenters. The Balaban J connectivity index is 1.85. The number of likely N-dealkylation sites (N-methyl/N-ethyl adjacent to an activating group) is 1. The van der Waals surface area contributed by atoms with E-state index < -0.39 is 0 Å². The maximum Gasteiger partial charge on any atom is 0.329 e. The van der Waals surface area contributed by atoms with Gasteiger partial charge in [0.15, 0.2) is 0 Å². The maximum atomic E-state index is 12.6. The smallest absolute Gasteiger partial charge is 0.329 e. The molecule has 7 nitrogen and oxygen atoms in total. The van der Waals surface area contributed by atoms with Crippen LogP contribution in [-0.4, -0.2) is 36.8 Å². The zero-order valence-electron chi connectivity index (χ0n) is 14.1. The van der Waals surface area contributed by atoms with Crippen LogP contribution in [0.15, 0.2) is 41.5 Å². The Kier molecular flexibility index (Phi) is 4.24. The Hall–Kier alpha value is -2.83. The number of fused-ring (bicyclic) bond motifs is 1. The summed E-state index contributed by atoms with van der Waals surface area (Å²) in [5, 5.41) is 4.10. The monoisotopic (exact) mass is 327 g/mol. The standard InChI is InChI=1S/C17H21N5O2/c1-4-21-14-7-5-6-8-15(14)22(17(21)24)12-16(23)19(2)10-13-9-18-20(3)11-13/h5-9,11H,4,10,12H2,1-3H3. The molecule has 0 saturated heterocycles. The summed E-state index contributed by atoms with van der Waals surface area (Å²) in [5.41, 5.74) is 2.44. The number of aromatic nitrogens is 4. The van der Waals surface area contributed by atoms with Gasteiger partial charge in [0, 0.05) is 38.9 Å². The summed E-state index contributed by atoms with van der Waals surface area (Å²) in [6.07, 6.45) is 3.61. The highest BCUT2D eigenvalue weighted by Crippen LogP contribution is 2.13. The SMILES string of the molecule is CCn1c(=O)n(CC(=O)N(C)Cc2cnn(C)c2)c2ccccc21. The zero-order valence-corrected chi connectivity index (χ0v) is 14.1. The molecule has 2 aromatic heterocycles. The molecule has 24 heavy (non-hydrogen) atoms. The molecule has 0 spiro atoms. The molecule has 0 radical (unpaired) electrons. The van der Waals surface area contributed by atoms with Gasteiger partial charge >= 0.3 is 5.69 Å². The molecule has 0 atom stereocenters. The first-order chi connectivity index (χ1) is 11.5. The highest BCUT2D eigenvalue weighted by molar-refractivity contribution is 5.80. The van der Waals surface area contributed by atoms with Crippen molar-refractivity contribution in [2.45, 2.75) is 26.6 Å². The van der Waals surface area contributed by atoms with E-state index in [-0.39, 0.29) is 18.1 Å². The summed E-state index contributed by atoms with van der Waals surface area (Å²) in [6, 6.07) is 7.55. The predicted molar refractivity (Wildman–Crippen MR) is 91.6 cm³/mol. The fourth-order valence-electron chi connectivity index (χ4n) is 2.90. The number of nitrogens with zero attached hydrogens (tertiary/aromatic N) is 5. The third-order valence-corrected chi connectivity index (χ3v) is 4.14. The second-order valence-electron chi connectivity index (χ2n) is 5.87. The number of amides is 1. The lowest BCUT2D eigenvalue weighted by molar-refractivity contribution is -0.131. The fourth-order valence-corrected chi connectivity index (χ4v) is 2.90. The van der Waals surface area contributed by atoms with Crippen molar-refractivity contribution < 1.29 is 4.79 Å². The lowest BCUT2D eigenvalue weighted by Crippen LogP contribution is -2.34. The highest BCUT2D eigenvalue weighted by atomic mass is 16.2. The molecule has 0 aliphatic rings. The van der Waals surface area contributed by atoms with Crippen LogP contribution in [0.2, 0.25) is 0 Å². The van der Waals surface area contributed by atoms with Crippen LogP contribution in [0, 0.1) is 0 Å². The fraction of sp³-hybridized carbons (Fsp3) is 0.353. The van der Waals surface area contributed by atoms with Crippen molar-refractivity contribution in [1.82, 2.24) is 23.8 Å². The van der Waals surface area contributed by atoms with Gasteiger partial charge in [-0.15, -0.1) is 0 Å². The number of hydrogen-bond acceptors (Lipinski definition) is 3. The second-order valence-corrected chi connectivity index (χ2v) is 5.87. The molecule has 126 valence electrons. The Morgan fingerprint density at radius 1 is 1.21 bits per heavy atom. The third-order valence-electron chi connectivity index (χ3n) is 4.14. The van der Waals surface area contributed by atoms with Gasteiger partial charge in [0.25, 0.3) is 0 Å². The number of rotatable bonds is 5. The first-order valence-electron chi connectivity index (χ1n) is 7.90. The molecule has 0 bridgehead atoms. The van der Waals surface area contributed by atoms with Gasteiger partial charge in [0.05, 0.1) is 17.2 Å². The Labute approximate surface area is 139 Å². The van der Waals surface area contributed by atoms with Crippen LogP contribution in [0.5, 0.6) is 0 Å². The van der Waals surface area contributed by atoms with E-state index in [1.165, 1.54) is 0 Å². The largest absolute Gasteiger partial charge is 0.340 e. The number of para-hydroxylation sites is 2. The first kappa shape index (κ1) is 16.0. The molecule has 3 aromatic rings. The number of aryl methyl sites for hydroxylation is 2. The lowest BCUT2D eigenvalue weighted by atomic mass is 10.3. The van der Waals surface area contributed by atoms with E-state index in [9.17, 15) is 9.59 Å². The van der Waals surface area contributed by atoms with Crippen LogP contribution in [0.4, 0.5) is 0 Å². The molecule has 0 aliphatic heterocycles. The molecular weight excluding hydrogens is 306 g/mol. The first-order valence-corrected chi connectivity index (χ1v) is 7.90. The summed E-state index contributed by atoms with van der Waals surface area (Å²) in [5.74, 6) is -0.111. The molecule has 0 aliphatic carbocycles. The average Bonchev–Trinajstić information content (AvgIpc) is 3.09. The third kappa shape index (κ3) is 2.84. The van der Waals surface area contributed by atoms with Crippen molar-refractivity contribution in [3.8, 4) is 0 Å². The number of carbonyl (C=O) groups is 1. The number of imidazole rings is 1. The van der Waals surface area contributed by atoms with Crippen molar-refractivity contribution >= 4 is 16.9 Å². The van der Waals surface area contributed by atoms with E-state index in [2.05, 4.69) is 5.10 Å². The topological polar surface area (TPSA) is 65.1 Å². The van der Waals surface area contributed by atoms with Gasteiger partial charge in [-0.1, -0.05) is 12.1 Å². The molecule has 1 amide bonds. The molecule has 0 saturated carbocycles. The van der Waals surface area contributed by atoms with Crippen LogP contribution >= 0.6 is 0 Å². The van der Waals surface area contributed by atoms with Crippen LogP contribution in [0.1, 0.15) is 12.5 Å². The highest BCUT2D eigenvalue weighted by Gasteiger charge is 2.17. The van der Waals surface area contributed by atoms with E-state index in [4.69, 9.17) is 0 Å². The molecule has 0 N–H and O–H groups in total. The Bertz CT molecular complexity index is 934. The lowest BCUT2D eigenvalue weighted by Gasteiger charge is -2.16. The molecule has 1 aromatic carbocycles. The van der Waals surface area contributed by atoms with Crippen molar-refractivity contribution in [2.75, 3.05) is 7.05 Å². The van der Waals surface area contributed by atoms with Gasteiger partial charge in [0.1, 0.15) is 6.54 Å². The van der Waals surface area contributed by atoms with E-state index in [0.29, 0.717) is 13.1 Å². The van der Waals surface area contributed by atoms with Crippen LogP contribution in [-0.2, 0) is 31.5 Å². The van der Waals surface area contributed by atoms with E-state index in [1.54, 1.807) is 32.0 Å². The molecule has 0 fully saturated rings. The van der Waals surface area contributed by atoms with Crippen molar-refractivity contribution in [3.05, 3.63) is 52.7 Å². The van der Waals surface area contributed by atoms with Gasteiger partial charge < -0.3 is 4.90 Å². The summed E-state index contributed by atoms with van der Waals surface area (Å²) in [6.45, 7) is 3.00. The Morgan fingerprint density at radius 2 is 1.88 bits per heavy atom. The van der Waals surface area contributed by atoms with E-state index >= 15 is 0 Å². The normalized spacial score (nSPS) is 11.1. The van der Waals surface area contributed by atoms with Crippen LogP contribution in [0.3, 0.4) is 0 Å². The number of carbonyl (C=O) groups excluding carboxylic acids is 1. The minimum Gasteiger partial charge on any atom is -0.340 e. The van der Waals surface area contributed by atoms with Gasteiger partial charge in [-0.05, 0) is 19.1 Å². The van der Waals surface area contributed by atoms with Crippen molar-refractivity contribution in [3.63, 3.8) is 0 Å².